The van der Waals surface area contributed by atoms with E-state index in [-0.39, 0.29) is 5.97 Å². The minimum absolute atomic E-state index is 0.339. The van der Waals surface area contributed by atoms with E-state index in [9.17, 15) is 4.79 Å². The lowest BCUT2D eigenvalue weighted by Gasteiger charge is -2.27. The van der Waals surface area contributed by atoms with Crippen LogP contribution in [-0.2, 0) is 19.0 Å². The van der Waals surface area contributed by atoms with Crippen LogP contribution in [0.3, 0.4) is 0 Å². The molecule has 4 nitrogen and oxygen atoms in total. The fraction of sp³-hybridized carbons (Fsp3) is 0.727. The van der Waals surface area contributed by atoms with Gasteiger partial charge in [-0.25, -0.2) is 4.79 Å². The molecule has 0 fully saturated rings. The van der Waals surface area contributed by atoms with Gasteiger partial charge in [0.15, 0.2) is 12.4 Å². The summed E-state index contributed by atoms with van der Waals surface area (Å²) in [6.45, 7) is 5.49. The monoisotopic (exact) mass is 214 g/mol. The summed E-state index contributed by atoms with van der Waals surface area (Å²) in [5.74, 6) is -0.339. The van der Waals surface area contributed by atoms with Crippen LogP contribution in [0.1, 0.15) is 27.2 Å². The average molecular weight is 214 g/mol. The van der Waals surface area contributed by atoms with Crippen molar-refractivity contribution >= 4 is 5.97 Å². The van der Waals surface area contributed by atoms with Gasteiger partial charge in [0.05, 0.1) is 0 Å². The summed E-state index contributed by atoms with van der Waals surface area (Å²) in [5, 5.41) is 0. The van der Waals surface area contributed by atoms with Gasteiger partial charge in [0.1, 0.15) is 5.60 Å². The molecule has 86 valence electrons. The molecule has 1 heterocycles. The van der Waals surface area contributed by atoms with Crippen LogP contribution in [0.2, 0.25) is 0 Å². The molecule has 2 atom stereocenters. The van der Waals surface area contributed by atoms with Gasteiger partial charge in [0, 0.05) is 13.5 Å². The molecule has 0 spiro atoms. The molecule has 15 heavy (non-hydrogen) atoms. The molecule has 0 radical (unpaired) electrons. The molecule has 0 N–H and O–H groups in total. The number of esters is 1. The van der Waals surface area contributed by atoms with E-state index < -0.39 is 18.0 Å². The molecule has 1 aliphatic rings. The Morgan fingerprint density at radius 3 is 2.67 bits per heavy atom. The number of carbonyl (C=O) groups is 1. The van der Waals surface area contributed by atoms with Crippen molar-refractivity contribution in [1.29, 1.82) is 0 Å². The van der Waals surface area contributed by atoms with Gasteiger partial charge >= 0.3 is 5.97 Å². The Balaban J connectivity index is 2.51. The molecule has 0 saturated carbocycles. The molecule has 0 aromatic carbocycles. The number of carbonyl (C=O) groups excluding carboxylic acids is 1. The van der Waals surface area contributed by atoms with Crippen molar-refractivity contribution < 1.29 is 19.0 Å². The molecule has 0 aromatic rings. The maximum absolute atomic E-state index is 11.6. The standard InChI is InChI=1S/C11H18O4/c1-11(2,3)15-10(12)8-6-5-7-9(13-4)14-8/h5,7-9H,6H2,1-4H3/t8-,9-/m1/s1. The molecule has 0 bridgehead atoms. The van der Waals surface area contributed by atoms with E-state index in [1.807, 2.05) is 26.8 Å². The molecule has 0 saturated heterocycles. The van der Waals surface area contributed by atoms with Crippen molar-refractivity contribution in [1.82, 2.24) is 0 Å². The van der Waals surface area contributed by atoms with Crippen molar-refractivity contribution in [3.63, 3.8) is 0 Å². The van der Waals surface area contributed by atoms with E-state index in [0.717, 1.165) is 0 Å². The second-order valence-corrected chi connectivity index (χ2v) is 4.43. The first-order valence-corrected chi connectivity index (χ1v) is 5.00. The molecule has 0 amide bonds. The molecule has 0 aliphatic carbocycles. The molecule has 1 aliphatic heterocycles. The van der Waals surface area contributed by atoms with Crippen LogP contribution in [0.5, 0.6) is 0 Å². The predicted molar refractivity (Wildman–Crippen MR) is 55.3 cm³/mol. The van der Waals surface area contributed by atoms with Crippen LogP contribution in [0.4, 0.5) is 0 Å². The van der Waals surface area contributed by atoms with Crippen molar-refractivity contribution in [2.75, 3.05) is 7.11 Å². The first-order chi connectivity index (χ1) is 6.92. The Morgan fingerprint density at radius 1 is 1.47 bits per heavy atom. The summed E-state index contributed by atoms with van der Waals surface area (Å²) in [6, 6.07) is 0. The van der Waals surface area contributed by atoms with Gasteiger partial charge in [0.25, 0.3) is 0 Å². The van der Waals surface area contributed by atoms with Gasteiger partial charge in [-0.05, 0) is 26.8 Å². The lowest BCUT2D eigenvalue weighted by Crippen LogP contribution is -2.37. The zero-order valence-corrected chi connectivity index (χ0v) is 9.65. The van der Waals surface area contributed by atoms with Crippen LogP contribution < -0.4 is 0 Å². The Bertz CT molecular complexity index is 252. The summed E-state index contributed by atoms with van der Waals surface area (Å²) in [6.07, 6.45) is 3.18. The van der Waals surface area contributed by atoms with Crippen molar-refractivity contribution in [3.8, 4) is 0 Å². The minimum atomic E-state index is -0.556. The molecule has 4 heteroatoms. The average Bonchev–Trinajstić information content (AvgIpc) is 2.15. The number of rotatable bonds is 2. The Kier molecular flexibility index (Phi) is 3.88. The van der Waals surface area contributed by atoms with Crippen molar-refractivity contribution in [3.05, 3.63) is 12.2 Å². The Labute approximate surface area is 90.2 Å². The predicted octanol–water partition coefficient (Wildman–Crippen LogP) is 1.65. The SMILES string of the molecule is CO[C@H]1C=CC[C@H](C(=O)OC(C)(C)C)O1. The molecular weight excluding hydrogens is 196 g/mol. The number of hydrogen-bond donors (Lipinski definition) is 0. The van der Waals surface area contributed by atoms with E-state index in [4.69, 9.17) is 14.2 Å². The molecule has 1 rings (SSSR count). The second-order valence-electron chi connectivity index (χ2n) is 4.43. The van der Waals surface area contributed by atoms with Crippen LogP contribution >= 0.6 is 0 Å². The molecular formula is C11H18O4. The van der Waals surface area contributed by atoms with Gasteiger partial charge in [-0.2, -0.15) is 0 Å². The molecule has 0 unspecified atom stereocenters. The smallest absolute Gasteiger partial charge is 0.336 e. The zero-order chi connectivity index (χ0) is 11.5. The summed E-state index contributed by atoms with van der Waals surface area (Å²) < 4.78 is 15.6. The second kappa shape index (κ2) is 4.77. The first kappa shape index (κ1) is 12.2. The van der Waals surface area contributed by atoms with E-state index in [1.54, 1.807) is 6.08 Å². The van der Waals surface area contributed by atoms with Crippen LogP contribution in [0.15, 0.2) is 12.2 Å². The highest BCUT2D eigenvalue weighted by atomic mass is 16.7. The van der Waals surface area contributed by atoms with Crippen LogP contribution in [0.25, 0.3) is 0 Å². The molecule has 0 aromatic heterocycles. The largest absolute Gasteiger partial charge is 0.458 e. The first-order valence-electron chi connectivity index (χ1n) is 5.00. The topological polar surface area (TPSA) is 44.8 Å². The highest BCUT2D eigenvalue weighted by Gasteiger charge is 2.28. The summed E-state index contributed by atoms with van der Waals surface area (Å²) >= 11 is 0. The normalized spacial score (nSPS) is 26.4. The third kappa shape index (κ3) is 4.01. The Hall–Kier alpha value is -0.870. The third-order valence-electron chi connectivity index (χ3n) is 1.84. The zero-order valence-electron chi connectivity index (χ0n) is 9.65. The highest BCUT2D eigenvalue weighted by molar-refractivity contribution is 5.75. The van der Waals surface area contributed by atoms with E-state index in [0.29, 0.717) is 6.42 Å². The fourth-order valence-electron chi connectivity index (χ4n) is 1.23. The summed E-state index contributed by atoms with van der Waals surface area (Å²) in [4.78, 5) is 11.6. The van der Waals surface area contributed by atoms with E-state index in [2.05, 4.69) is 0 Å². The van der Waals surface area contributed by atoms with Crippen LogP contribution in [-0.4, -0.2) is 31.1 Å². The quantitative estimate of drug-likeness (QED) is 0.518. The number of methoxy groups -OCH3 is 1. The fourth-order valence-corrected chi connectivity index (χ4v) is 1.23. The van der Waals surface area contributed by atoms with E-state index in [1.165, 1.54) is 7.11 Å². The summed E-state index contributed by atoms with van der Waals surface area (Å²) in [5.41, 5.74) is -0.482. The van der Waals surface area contributed by atoms with Gasteiger partial charge in [-0.1, -0.05) is 6.08 Å². The maximum atomic E-state index is 11.6. The van der Waals surface area contributed by atoms with Crippen molar-refractivity contribution in [2.45, 2.75) is 45.2 Å². The third-order valence-corrected chi connectivity index (χ3v) is 1.84. The van der Waals surface area contributed by atoms with Gasteiger partial charge in [0.2, 0.25) is 0 Å². The number of hydrogen-bond acceptors (Lipinski definition) is 4. The van der Waals surface area contributed by atoms with Crippen molar-refractivity contribution in [2.24, 2.45) is 0 Å². The summed E-state index contributed by atoms with van der Waals surface area (Å²) in [7, 11) is 1.53. The van der Waals surface area contributed by atoms with Crippen LogP contribution in [0, 0.1) is 0 Å². The van der Waals surface area contributed by atoms with E-state index >= 15 is 0 Å². The Morgan fingerprint density at radius 2 is 2.13 bits per heavy atom. The lowest BCUT2D eigenvalue weighted by molar-refractivity contribution is -0.187. The lowest BCUT2D eigenvalue weighted by atomic mass is 10.1. The minimum Gasteiger partial charge on any atom is -0.458 e. The number of ether oxygens (including phenoxy) is 3. The maximum Gasteiger partial charge on any atom is 0.336 e. The van der Waals surface area contributed by atoms with Gasteiger partial charge in [-0.3, -0.25) is 0 Å². The highest BCUT2D eigenvalue weighted by Crippen LogP contribution is 2.17. The van der Waals surface area contributed by atoms with Gasteiger partial charge < -0.3 is 14.2 Å². The van der Waals surface area contributed by atoms with Gasteiger partial charge in [-0.15, -0.1) is 0 Å².